The highest BCUT2D eigenvalue weighted by Crippen LogP contribution is 2.13. The molecule has 0 aliphatic rings. The van der Waals surface area contributed by atoms with Crippen LogP contribution in [0.1, 0.15) is 0 Å². The Labute approximate surface area is 116 Å². The Bertz CT molecular complexity index is 681. The molecule has 0 aromatic heterocycles. The van der Waals surface area contributed by atoms with Crippen molar-refractivity contribution in [2.75, 3.05) is 13.7 Å². The van der Waals surface area contributed by atoms with Crippen LogP contribution in [-0.4, -0.2) is 36.4 Å². The lowest BCUT2D eigenvalue weighted by Gasteiger charge is -2.07. The number of nitrogens with one attached hydrogen (secondary N) is 2. The van der Waals surface area contributed by atoms with Gasteiger partial charge in [-0.3, -0.25) is 9.63 Å². The molecule has 0 unspecified atom stereocenters. The molecular weight excluding hydrogens is 310 g/mol. The van der Waals surface area contributed by atoms with Crippen LogP contribution in [0.5, 0.6) is 0 Å². The zero-order valence-electron chi connectivity index (χ0n) is 10.4. The van der Waals surface area contributed by atoms with Gasteiger partial charge in [0.1, 0.15) is 6.61 Å². The molecule has 11 heteroatoms. The molecule has 0 bridgehead atoms. The molecule has 0 radical (unpaired) electrons. The van der Waals surface area contributed by atoms with Gasteiger partial charge in [0.05, 0.1) is 9.79 Å². The summed E-state index contributed by atoms with van der Waals surface area (Å²) in [4.78, 5) is 16.2. The van der Waals surface area contributed by atoms with Gasteiger partial charge >= 0.3 is 0 Å². The number of carbonyl (C=O) groups excluding carboxylic acids is 1. The van der Waals surface area contributed by atoms with E-state index in [4.69, 9.17) is 5.73 Å². The minimum atomic E-state index is -4.02. The van der Waals surface area contributed by atoms with Gasteiger partial charge in [0, 0.05) is 0 Å². The van der Waals surface area contributed by atoms with Crippen LogP contribution in [-0.2, 0) is 29.7 Å². The number of benzene rings is 1. The number of primary amides is 1. The van der Waals surface area contributed by atoms with E-state index >= 15 is 0 Å². The highest BCUT2D eigenvalue weighted by Gasteiger charge is 2.17. The van der Waals surface area contributed by atoms with Gasteiger partial charge in [-0.25, -0.2) is 21.6 Å². The van der Waals surface area contributed by atoms with E-state index in [-0.39, 0.29) is 9.79 Å². The van der Waals surface area contributed by atoms with Crippen molar-refractivity contribution in [3.8, 4) is 0 Å². The van der Waals surface area contributed by atoms with E-state index in [2.05, 4.69) is 9.56 Å². The predicted octanol–water partition coefficient (Wildman–Crippen LogP) is -1.71. The zero-order valence-corrected chi connectivity index (χ0v) is 12.0. The van der Waals surface area contributed by atoms with Crippen LogP contribution in [0.25, 0.3) is 0 Å². The first-order chi connectivity index (χ1) is 9.19. The minimum Gasteiger partial charge on any atom is -0.368 e. The van der Waals surface area contributed by atoms with Crippen molar-refractivity contribution in [2.24, 2.45) is 5.73 Å². The van der Waals surface area contributed by atoms with E-state index in [1.165, 1.54) is 7.05 Å². The van der Waals surface area contributed by atoms with Crippen LogP contribution in [0.2, 0.25) is 0 Å². The molecule has 0 spiro atoms. The van der Waals surface area contributed by atoms with Crippen molar-refractivity contribution < 1.29 is 26.5 Å². The lowest BCUT2D eigenvalue weighted by atomic mass is 10.4. The summed E-state index contributed by atoms with van der Waals surface area (Å²) in [6.45, 7) is -0.620. The summed E-state index contributed by atoms with van der Waals surface area (Å²) in [5.74, 6) is -0.844. The van der Waals surface area contributed by atoms with E-state index in [9.17, 15) is 21.6 Å². The number of sulfonamides is 2. The smallest absolute Gasteiger partial charge is 0.262 e. The third-order valence-electron chi connectivity index (χ3n) is 2.10. The number of hydrogen-bond donors (Lipinski definition) is 3. The standard InChI is InChI=1S/C9H13N3O6S2/c1-11-19(14,15)7-2-4-8(5-3-7)20(16,17)12-18-6-9(10)13/h2-5,11-12H,6H2,1H3,(H2,10,13). The molecule has 112 valence electrons. The normalized spacial score (nSPS) is 12.2. The second-order valence-electron chi connectivity index (χ2n) is 3.52. The van der Waals surface area contributed by atoms with Crippen molar-refractivity contribution in [3.05, 3.63) is 24.3 Å². The van der Waals surface area contributed by atoms with Gasteiger partial charge < -0.3 is 5.73 Å². The topological polar surface area (TPSA) is 145 Å². The maximum Gasteiger partial charge on any atom is 0.262 e. The average Bonchev–Trinajstić information content (AvgIpc) is 2.38. The molecule has 20 heavy (non-hydrogen) atoms. The summed E-state index contributed by atoms with van der Waals surface area (Å²) >= 11 is 0. The predicted molar refractivity (Wildman–Crippen MR) is 68.2 cm³/mol. The zero-order chi connectivity index (χ0) is 15.4. The lowest BCUT2D eigenvalue weighted by Crippen LogP contribution is -2.29. The molecule has 1 aromatic rings. The van der Waals surface area contributed by atoms with Crippen LogP contribution in [0, 0.1) is 0 Å². The monoisotopic (exact) mass is 323 g/mol. The highest BCUT2D eigenvalue weighted by atomic mass is 32.2. The van der Waals surface area contributed by atoms with Crippen molar-refractivity contribution in [1.82, 2.24) is 9.61 Å². The van der Waals surface area contributed by atoms with Gasteiger partial charge in [0.25, 0.3) is 10.0 Å². The maximum absolute atomic E-state index is 11.7. The molecule has 0 aliphatic carbocycles. The largest absolute Gasteiger partial charge is 0.368 e. The molecule has 0 aliphatic heterocycles. The van der Waals surface area contributed by atoms with Crippen molar-refractivity contribution in [2.45, 2.75) is 9.79 Å². The Morgan fingerprint density at radius 1 is 1.10 bits per heavy atom. The van der Waals surface area contributed by atoms with E-state index in [1.807, 2.05) is 0 Å². The van der Waals surface area contributed by atoms with E-state index in [1.54, 1.807) is 4.89 Å². The Balaban J connectivity index is 2.90. The highest BCUT2D eigenvalue weighted by molar-refractivity contribution is 7.89. The van der Waals surface area contributed by atoms with Crippen LogP contribution in [0.4, 0.5) is 0 Å². The summed E-state index contributed by atoms with van der Waals surface area (Å²) in [5, 5.41) is 0. The van der Waals surface area contributed by atoms with Crippen molar-refractivity contribution >= 4 is 26.0 Å². The fraction of sp³-hybridized carbons (Fsp3) is 0.222. The maximum atomic E-state index is 11.7. The number of rotatable bonds is 7. The molecule has 0 saturated carbocycles. The lowest BCUT2D eigenvalue weighted by molar-refractivity contribution is -0.123. The molecular formula is C9H13N3O6S2. The van der Waals surface area contributed by atoms with Crippen LogP contribution in [0.15, 0.2) is 34.1 Å². The van der Waals surface area contributed by atoms with Gasteiger partial charge in [-0.2, -0.15) is 0 Å². The molecule has 1 rings (SSSR count). The molecule has 1 amide bonds. The molecule has 0 saturated heterocycles. The minimum absolute atomic E-state index is 0.0861. The summed E-state index contributed by atoms with van der Waals surface area (Å²) in [5.41, 5.74) is 4.77. The quantitative estimate of drug-likeness (QED) is 0.509. The molecule has 0 heterocycles. The van der Waals surface area contributed by atoms with Gasteiger partial charge in [0.15, 0.2) is 0 Å². The third-order valence-corrected chi connectivity index (χ3v) is 4.76. The van der Waals surface area contributed by atoms with E-state index in [0.29, 0.717) is 0 Å². The SMILES string of the molecule is CNS(=O)(=O)c1ccc(S(=O)(=O)NOCC(N)=O)cc1. The third kappa shape index (κ3) is 4.25. The number of amides is 1. The van der Waals surface area contributed by atoms with Gasteiger partial charge in [-0.05, 0) is 31.3 Å². The van der Waals surface area contributed by atoms with Gasteiger partial charge in [0.2, 0.25) is 15.9 Å². The number of carbonyl (C=O) groups is 1. The fourth-order valence-corrected chi connectivity index (χ4v) is 2.68. The molecule has 0 atom stereocenters. The molecule has 0 fully saturated rings. The molecule has 1 aromatic carbocycles. The Kier molecular flexibility index (Phi) is 5.19. The molecule has 4 N–H and O–H groups in total. The second-order valence-corrected chi connectivity index (χ2v) is 7.05. The Morgan fingerprint density at radius 3 is 1.95 bits per heavy atom. The van der Waals surface area contributed by atoms with E-state index < -0.39 is 32.6 Å². The summed E-state index contributed by atoms with van der Waals surface area (Å²) in [6.07, 6.45) is 0. The number of nitrogens with two attached hydrogens (primary N) is 1. The van der Waals surface area contributed by atoms with Crippen LogP contribution >= 0.6 is 0 Å². The van der Waals surface area contributed by atoms with Crippen LogP contribution < -0.4 is 15.3 Å². The first kappa shape index (κ1) is 16.5. The summed E-state index contributed by atoms with van der Waals surface area (Å²) in [6, 6.07) is 4.41. The summed E-state index contributed by atoms with van der Waals surface area (Å²) < 4.78 is 48.4. The van der Waals surface area contributed by atoms with Gasteiger partial charge in [-0.1, -0.05) is 4.89 Å². The average molecular weight is 323 g/mol. The van der Waals surface area contributed by atoms with Crippen LogP contribution in [0.3, 0.4) is 0 Å². The Morgan fingerprint density at radius 2 is 1.55 bits per heavy atom. The number of hydrogen-bond acceptors (Lipinski definition) is 6. The van der Waals surface area contributed by atoms with Crippen molar-refractivity contribution in [3.63, 3.8) is 0 Å². The first-order valence-corrected chi connectivity index (χ1v) is 8.11. The van der Waals surface area contributed by atoms with Gasteiger partial charge in [-0.15, -0.1) is 0 Å². The van der Waals surface area contributed by atoms with Crippen molar-refractivity contribution in [1.29, 1.82) is 0 Å². The summed E-state index contributed by atoms with van der Waals surface area (Å²) in [7, 11) is -6.43. The molecule has 9 nitrogen and oxygen atoms in total. The second kappa shape index (κ2) is 6.28. The first-order valence-electron chi connectivity index (χ1n) is 5.14. The fourth-order valence-electron chi connectivity index (χ4n) is 1.14. The Hall–Kier alpha value is -1.53. The van der Waals surface area contributed by atoms with E-state index in [0.717, 1.165) is 24.3 Å².